The highest BCUT2D eigenvalue weighted by atomic mass is 16.5. The molecule has 1 rings (SSSR count). The summed E-state index contributed by atoms with van der Waals surface area (Å²) < 4.78 is 10.5. The number of amides is 1. The number of hydrogen-bond donors (Lipinski definition) is 3. The van der Waals surface area contributed by atoms with Gasteiger partial charge in [0.25, 0.3) is 5.91 Å². The number of hydrogen-bond acceptors (Lipinski definition) is 6. The van der Waals surface area contributed by atoms with Gasteiger partial charge < -0.3 is 25.2 Å². The fourth-order valence-corrected chi connectivity index (χ4v) is 2.32. The Bertz CT molecular complexity index is 653. The summed E-state index contributed by atoms with van der Waals surface area (Å²) in [6, 6.07) is 7.00. The maximum atomic E-state index is 12.3. The van der Waals surface area contributed by atoms with Crippen LogP contribution in [0.1, 0.15) is 37.8 Å². The van der Waals surface area contributed by atoms with Crippen molar-refractivity contribution >= 4 is 5.91 Å². The second-order valence-corrected chi connectivity index (χ2v) is 5.72. The van der Waals surface area contributed by atoms with Gasteiger partial charge in [-0.25, -0.2) is 0 Å². The van der Waals surface area contributed by atoms with E-state index >= 15 is 0 Å². The predicted octanol–water partition coefficient (Wildman–Crippen LogP) is 2.04. The van der Waals surface area contributed by atoms with Crippen molar-refractivity contribution < 1.29 is 19.4 Å². The Kier molecular flexibility index (Phi) is 9.65. The summed E-state index contributed by atoms with van der Waals surface area (Å²) in [6.45, 7) is 2.65. The van der Waals surface area contributed by atoms with E-state index in [1.165, 1.54) is 6.20 Å². The van der Waals surface area contributed by atoms with Gasteiger partial charge in [-0.1, -0.05) is 6.07 Å². The Labute approximate surface area is 154 Å². The second-order valence-electron chi connectivity index (χ2n) is 5.72. The molecule has 0 saturated heterocycles. The fourth-order valence-electron chi connectivity index (χ4n) is 2.32. The van der Waals surface area contributed by atoms with Gasteiger partial charge >= 0.3 is 0 Å². The third kappa shape index (κ3) is 6.65. The van der Waals surface area contributed by atoms with Crippen LogP contribution in [-0.4, -0.2) is 38.4 Å². The largest absolute Gasteiger partial charge is 0.493 e. The number of nitrogens with zero attached hydrogens (tertiary/aromatic N) is 1. The molecule has 0 aliphatic rings. The highest BCUT2D eigenvalue weighted by Gasteiger charge is 2.15. The number of aliphatic hydroxyl groups is 1. The molecule has 7 heteroatoms. The van der Waals surface area contributed by atoms with Crippen LogP contribution in [0.25, 0.3) is 0 Å². The quantitative estimate of drug-likeness (QED) is 0.317. The van der Waals surface area contributed by atoms with E-state index in [1.54, 1.807) is 26.4 Å². The fraction of sp³-hybridized carbons (Fsp3) is 0.474. The molecule has 0 heterocycles. The van der Waals surface area contributed by atoms with E-state index in [9.17, 15) is 10.1 Å². The average molecular weight is 361 g/mol. The molecule has 26 heavy (non-hydrogen) atoms. The third-order valence-corrected chi connectivity index (χ3v) is 3.85. The van der Waals surface area contributed by atoms with E-state index in [4.69, 9.17) is 14.6 Å². The number of carbonyl (C=O) groups is 1. The van der Waals surface area contributed by atoms with Crippen molar-refractivity contribution in [2.24, 2.45) is 0 Å². The van der Waals surface area contributed by atoms with E-state index in [0.29, 0.717) is 18.0 Å². The van der Waals surface area contributed by atoms with Crippen LogP contribution in [0.3, 0.4) is 0 Å². The van der Waals surface area contributed by atoms with E-state index in [0.717, 1.165) is 24.8 Å². The Morgan fingerprint density at radius 1 is 1.27 bits per heavy atom. The van der Waals surface area contributed by atoms with Crippen molar-refractivity contribution in [1.82, 2.24) is 10.6 Å². The first-order valence-electron chi connectivity index (χ1n) is 8.54. The van der Waals surface area contributed by atoms with Crippen molar-refractivity contribution in [3.8, 4) is 17.6 Å². The van der Waals surface area contributed by atoms with Crippen molar-refractivity contribution in [2.75, 3.05) is 27.4 Å². The number of rotatable bonds is 11. The molecule has 1 aromatic carbocycles. The van der Waals surface area contributed by atoms with Crippen LogP contribution in [0.2, 0.25) is 0 Å². The van der Waals surface area contributed by atoms with Crippen molar-refractivity contribution in [3.05, 3.63) is 35.5 Å². The molecule has 0 fully saturated rings. The predicted molar refractivity (Wildman–Crippen MR) is 98.7 cm³/mol. The Balaban J connectivity index is 2.65. The first kappa shape index (κ1) is 21.3. The van der Waals surface area contributed by atoms with Gasteiger partial charge in [0.1, 0.15) is 11.6 Å². The van der Waals surface area contributed by atoms with Crippen LogP contribution in [0.5, 0.6) is 11.5 Å². The molecule has 3 N–H and O–H groups in total. The van der Waals surface area contributed by atoms with Crippen LogP contribution in [-0.2, 0) is 4.79 Å². The number of ether oxygens (including phenoxy) is 2. The monoisotopic (exact) mass is 361 g/mol. The zero-order valence-electron chi connectivity index (χ0n) is 15.5. The molecule has 7 nitrogen and oxygen atoms in total. The molecule has 1 unspecified atom stereocenters. The molecule has 1 atom stereocenters. The average Bonchev–Trinajstić information content (AvgIpc) is 2.66. The number of nitrogens with one attached hydrogen (secondary N) is 2. The Morgan fingerprint density at radius 2 is 2.00 bits per heavy atom. The topological polar surface area (TPSA) is 104 Å². The number of unbranched alkanes of at least 4 members (excludes halogenated alkanes) is 2. The molecule has 1 aromatic rings. The van der Waals surface area contributed by atoms with Crippen molar-refractivity contribution in [2.45, 2.75) is 32.2 Å². The minimum absolute atomic E-state index is 0.0134. The van der Waals surface area contributed by atoms with E-state index in [1.807, 2.05) is 19.1 Å². The molecule has 0 radical (unpaired) electrons. The molecule has 142 valence electrons. The molecular weight excluding hydrogens is 334 g/mol. The normalized spacial score (nSPS) is 12.0. The van der Waals surface area contributed by atoms with Gasteiger partial charge in [0.15, 0.2) is 11.5 Å². The SMILES string of the molecule is COc1ccc(C(C)NC(=O)/C(C#N)=C\NCCCCCO)cc1OC. The van der Waals surface area contributed by atoms with E-state index in [2.05, 4.69) is 10.6 Å². The summed E-state index contributed by atoms with van der Waals surface area (Å²) in [5.41, 5.74) is 0.852. The van der Waals surface area contributed by atoms with Crippen LogP contribution < -0.4 is 20.1 Å². The molecule has 0 saturated carbocycles. The number of methoxy groups -OCH3 is 2. The zero-order valence-corrected chi connectivity index (χ0v) is 15.5. The standard InChI is InChI=1S/C19H27N3O4/c1-14(15-7-8-17(25-2)18(11-15)26-3)22-19(24)16(12-20)13-21-9-5-4-6-10-23/h7-8,11,13-14,21,23H,4-6,9-10H2,1-3H3,(H,22,24)/b16-13-. The summed E-state index contributed by atoms with van der Waals surface area (Å²) in [5.74, 6) is 0.738. The highest BCUT2D eigenvalue weighted by Crippen LogP contribution is 2.29. The van der Waals surface area contributed by atoms with Crippen LogP contribution >= 0.6 is 0 Å². The zero-order chi connectivity index (χ0) is 19.4. The van der Waals surface area contributed by atoms with Gasteiger partial charge in [0.05, 0.1) is 20.3 Å². The minimum atomic E-state index is -0.447. The van der Waals surface area contributed by atoms with Crippen LogP contribution in [0, 0.1) is 11.3 Å². The van der Waals surface area contributed by atoms with Gasteiger partial charge in [0, 0.05) is 19.4 Å². The van der Waals surface area contributed by atoms with E-state index < -0.39 is 5.91 Å². The molecule has 0 spiro atoms. The van der Waals surface area contributed by atoms with Gasteiger partial charge in [0.2, 0.25) is 0 Å². The molecule has 0 aromatic heterocycles. The summed E-state index contributed by atoms with van der Waals surface area (Å²) >= 11 is 0. The minimum Gasteiger partial charge on any atom is -0.493 e. The number of nitriles is 1. The smallest absolute Gasteiger partial charge is 0.263 e. The van der Waals surface area contributed by atoms with Gasteiger partial charge in [-0.3, -0.25) is 4.79 Å². The number of carbonyl (C=O) groups excluding carboxylic acids is 1. The lowest BCUT2D eigenvalue weighted by Gasteiger charge is -2.16. The van der Waals surface area contributed by atoms with Gasteiger partial charge in [-0.15, -0.1) is 0 Å². The van der Waals surface area contributed by atoms with E-state index in [-0.39, 0.29) is 18.2 Å². The Hall–Kier alpha value is -2.72. The summed E-state index contributed by atoms with van der Waals surface area (Å²) in [4.78, 5) is 12.3. The maximum absolute atomic E-state index is 12.3. The summed E-state index contributed by atoms with van der Waals surface area (Å²) in [6.07, 6.45) is 3.93. The molecule has 0 aliphatic carbocycles. The molecule has 1 amide bonds. The van der Waals surface area contributed by atoms with Crippen molar-refractivity contribution in [1.29, 1.82) is 5.26 Å². The lowest BCUT2D eigenvalue weighted by Crippen LogP contribution is -2.28. The molecule has 0 bridgehead atoms. The molecular formula is C19H27N3O4. The first-order chi connectivity index (χ1) is 12.6. The number of benzene rings is 1. The molecule has 0 aliphatic heterocycles. The Morgan fingerprint density at radius 3 is 2.62 bits per heavy atom. The lowest BCUT2D eigenvalue weighted by molar-refractivity contribution is -0.117. The van der Waals surface area contributed by atoms with Crippen LogP contribution in [0.4, 0.5) is 0 Å². The summed E-state index contributed by atoms with van der Waals surface area (Å²) in [7, 11) is 3.11. The maximum Gasteiger partial charge on any atom is 0.263 e. The van der Waals surface area contributed by atoms with Gasteiger partial charge in [-0.05, 0) is 43.9 Å². The van der Waals surface area contributed by atoms with Gasteiger partial charge in [-0.2, -0.15) is 5.26 Å². The highest BCUT2D eigenvalue weighted by molar-refractivity contribution is 5.97. The summed E-state index contributed by atoms with van der Waals surface area (Å²) in [5, 5.41) is 23.7. The second kappa shape index (κ2) is 11.8. The number of aliphatic hydroxyl groups excluding tert-OH is 1. The van der Waals surface area contributed by atoms with Crippen LogP contribution in [0.15, 0.2) is 30.0 Å². The lowest BCUT2D eigenvalue weighted by atomic mass is 10.1. The third-order valence-electron chi connectivity index (χ3n) is 3.85. The van der Waals surface area contributed by atoms with Crippen molar-refractivity contribution in [3.63, 3.8) is 0 Å². The first-order valence-corrected chi connectivity index (χ1v) is 8.54.